The van der Waals surface area contributed by atoms with Crippen molar-refractivity contribution < 1.29 is 80.2 Å². The van der Waals surface area contributed by atoms with Gasteiger partial charge in [0.25, 0.3) is 0 Å². The molecule has 0 saturated heterocycles. The number of phosphoric ester groups is 2. The normalized spacial score (nSPS) is 14.5. The molecule has 0 spiro atoms. The van der Waals surface area contributed by atoms with Crippen molar-refractivity contribution in [2.24, 2.45) is 5.92 Å². The Labute approximate surface area is 554 Å². The van der Waals surface area contributed by atoms with Gasteiger partial charge < -0.3 is 33.8 Å². The van der Waals surface area contributed by atoms with E-state index in [0.717, 1.165) is 121 Å². The quantitative estimate of drug-likeness (QED) is 0.0169. The summed E-state index contributed by atoms with van der Waals surface area (Å²) in [6.07, 6.45) is 54.9. The second-order valence-corrected chi connectivity index (χ2v) is 28.4. The largest absolute Gasteiger partial charge is 0.472 e. The van der Waals surface area contributed by atoms with Crippen molar-refractivity contribution in [3.05, 3.63) is 24.3 Å². The second kappa shape index (κ2) is 64.9. The number of rotatable bonds is 70. The molecular weight excluding hydrogens is 1200 g/mol. The number of aliphatic hydroxyl groups excluding tert-OH is 1. The number of hydrogen-bond donors (Lipinski definition) is 3. The van der Waals surface area contributed by atoms with Crippen molar-refractivity contribution in [3.8, 4) is 0 Å². The Balaban J connectivity index is 5.26. The minimum atomic E-state index is -4.96. The SMILES string of the molecule is CCCCCC/C=C\C=C/CCCCCCCC(=O)OC[C@H](COP(=O)(O)OC[C@@H](O)COP(=O)(O)OC[C@@H](COC(=O)CCCCCCCCCC)OC(=O)CCCCCCCCCCC(C)CC)OC(=O)CCCCCCCCCCCCCCCCCC. The van der Waals surface area contributed by atoms with Crippen LogP contribution in [0.25, 0.3) is 0 Å². The molecule has 0 aromatic carbocycles. The maximum absolute atomic E-state index is 13.0. The number of aliphatic hydroxyl groups is 1. The van der Waals surface area contributed by atoms with E-state index in [2.05, 4.69) is 58.9 Å². The van der Waals surface area contributed by atoms with E-state index in [4.69, 9.17) is 37.0 Å². The minimum Gasteiger partial charge on any atom is -0.462 e. The fourth-order valence-electron chi connectivity index (χ4n) is 10.4. The van der Waals surface area contributed by atoms with Gasteiger partial charge in [-0.25, -0.2) is 9.13 Å². The van der Waals surface area contributed by atoms with Crippen LogP contribution in [-0.4, -0.2) is 96.7 Å². The van der Waals surface area contributed by atoms with Crippen LogP contribution < -0.4 is 0 Å². The number of phosphoric acid groups is 2. The van der Waals surface area contributed by atoms with Gasteiger partial charge in [0.05, 0.1) is 26.4 Å². The lowest BCUT2D eigenvalue weighted by Crippen LogP contribution is -2.30. The Morgan fingerprint density at radius 2 is 0.615 bits per heavy atom. The molecule has 19 heteroatoms. The molecule has 91 heavy (non-hydrogen) atoms. The standard InChI is InChI=1S/C72H136O17P2/c1-6-10-13-16-19-22-24-26-28-30-32-34-36-42-47-52-57-71(76)88-68(62-83-70(75)56-51-46-41-35-33-31-29-27-25-23-20-17-14-11-7-2)64-87-91(80,81)85-60-66(73)59-84-90(78,79)86-63-67(61-82-69(74)55-50-45-40-21-18-15-12-8-3)89-72(77)58-53-48-43-38-37-39-44-49-54-65(5)9-4/h23,25,27,29,65-68,73H,6-22,24,26,28,30-64H2,1-5H3,(H,78,79)(H,80,81)/b25-23-,29-27-/t65?,66-,67+,68+/m0/s1. The summed E-state index contributed by atoms with van der Waals surface area (Å²) in [5.74, 6) is -1.39. The zero-order valence-corrected chi connectivity index (χ0v) is 60.3. The number of hydrogen-bond acceptors (Lipinski definition) is 15. The molecule has 0 aliphatic carbocycles. The molecule has 0 rings (SSSR count). The van der Waals surface area contributed by atoms with Crippen LogP contribution in [0, 0.1) is 5.92 Å². The summed E-state index contributed by atoms with van der Waals surface area (Å²) in [4.78, 5) is 72.5. The highest BCUT2D eigenvalue weighted by Crippen LogP contribution is 2.45. The van der Waals surface area contributed by atoms with Crippen molar-refractivity contribution in [3.63, 3.8) is 0 Å². The van der Waals surface area contributed by atoms with Gasteiger partial charge in [0.2, 0.25) is 0 Å². The first-order valence-corrected chi connectivity index (χ1v) is 40.0. The van der Waals surface area contributed by atoms with E-state index in [1.54, 1.807) is 0 Å². The highest BCUT2D eigenvalue weighted by molar-refractivity contribution is 7.47. The molecule has 0 aliphatic heterocycles. The number of carbonyl (C=O) groups excluding carboxylic acids is 4. The highest BCUT2D eigenvalue weighted by atomic mass is 31.2. The lowest BCUT2D eigenvalue weighted by Gasteiger charge is -2.21. The predicted molar refractivity (Wildman–Crippen MR) is 368 cm³/mol. The Kier molecular flexibility index (Phi) is 63.1. The Bertz CT molecular complexity index is 1850. The zero-order valence-electron chi connectivity index (χ0n) is 58.5. The van der Waals surface area contributed by atoms with E-state index in [1.807, 2.05) is 0 Å². The molecule has 6 atom stereocenters. The minimum absolute atomic E-state index is 0.101. The van der Waals surface area contributed by atoms with Crippen LogP contribution in [0.4, 0.5) is 0 Å². The third kappa shape index (κ3) is 64.6. The smallest absolute Gasteiger partial charge is 0.462 e. The lowest BCUT2D eigenvalue weighted by molar-refractivity contribution is -0.161. The summed E-state index contributed by atoms with van der Waals surface area (Å²) < 4.78 is 68.3. The number of carbonyl (C=O) groups is 4. The third-order valence-corrected chi connectivity index (χ3v) is 18.4. The first kappa shape index (κ1) is 88.5. The molecule has 0 aromatic heterocycles. The highest BCUT2D eigenvalue weighted by Gasteiger charge is 2.30. The van der Waals surface area contributed by atoms with Gasteiger partial charge in [-0.05, 0) is 57.3 Å². The molecule has 3 unspecified atom stereocenters. The van der Waals surface area contributed by atoms with Crippen LogP contribution in [-0.2, 0) is 65.4 Å². The number of ether oxygens (including phenoxy) is 4. The van der Waals surface area contributed by atoms with Crippen LogP contribution in [0.5, 0.6) is 0 Å². The average molecular weight is 1340 g/mol. The predicted octanol–water partition coefficient (Wildman–Crippen LogP) is 20.5. The van der Waals surface area contributed by atoms with Gasteiger partial charge in [-0.15, -0.1) is 0 Å². The summed E-state index contributed by atoms with van der Waals surface area (Å²) in [6, 6.07) is 0. The van der Waals surface area contributed by atoms with Gasteiger partial charge in [-0.1, -0.05) is 296 Å². The van der Waals surface area contributed by atoms with Gasteiger partial charge in [0, 0.05) is 25.7 Å². The summed E-state index contributed by atoms with van der Waals surface area (Å²) in [7, 11) is -9.91. The number of unbranched alkanes of at least 4 members (excludes halogenated alkanes) is 38. The maximum atomic E-state index is 13.0. The van der Waals surface area contributed by atoms with E-state index in [9.17, 15) is 43.2 Å². The monoisotopic (exact) mass is 1330 g/mol. The number of esters is 4. The van der Waals surface area contributed by atoms with Gasteiger partial charge in [-0.3, -0.25) is 37.3 Å². The van der Waals surface area contributed by atoms with Crippen LogP contribution >= 0.6 is 15.6 Å². The lowest BCUT2D eigenvalue weighted by atomic mass is 9.99. The van der Waals surface area contributed by atoms with Gasteiger partial charge in [0.1, 0.15) is 19.3 Å². The second-order valence-electron chi connectivity index (χ2n) is 25.5. The van der Waals surface area contributed by atoms with Gasteiger partial charge in [-0.2, -0.15) is 0 Å². The molecule has 0 saturated carbocycles. The summed E-state index contributed by atoms with van der Waals surface area (Å²) in [5.41, 5.74) is 0. The Morgan fingerprint density at radius 1 is 0.352 bits per heavy atom. The fourth-order valence-corrected chi connectivity index (χ4v) is 12.0. The number of allylic oxidation sites excluding steroid dienone is 4. The Hall–Kier alpha value is -2.46. The maximum Gasteiger partial charge on any atom is 0.472 e. The van der Waals surface area contributed by atoms with Crippen molar-refractivity contribution in [1.82, 2.24) is 0 Å². The molecule has 0 amide bonds. The van der Waals surface area contributed by atoms with Gasteiger partial charge >= 0.3 is 39.5 Å². The van der Waals surface area contributed by atoms with Crippen LogP contribution in [0.1, 0.15) is 349 Å². The molecule has 3 N–H and O–H groups in total. The molecule has 0 fully saturated rings. The Morgan fingerprint density at radius 3 is 0.934 bits per heavy atom. The van der Waals surface area contributed by atoms with E-state index in [-0.39, 0.29) is 25.7 Å². The third-order valence-electron chi connectivity index (χ3n) is 16.5. The topological polar surface area (TPSA) is 237 Å². The van der Waals surface area contributed by atoms with Crippen LogP contribution in [0.3, 0.4) is 0 Å². The van der Waals surface area contributed by atoms with E-state index >= 15 is 0 Å². The van der Waals surface area contributed by atoms with Crippen LogP contribution in [0.2, 0.25) is 0 Å². The first-order valence-electron chi connectivity index (χ1n) is 37.0. The molecular formula is C72H136O17P2. The zero-order chi connectivity index (χ0) is 67.0. The van der Waals surface area contributed by atoms with Crippen molar-refractivity contribution in [2.75, 3.05) is 39.6 Å². The van der Waals surface area contributed by atoms with E-state index in [0.29, 0.717) is 25.7 Å². The molecule has 0 bridgehead atoms. The molecule has 0 radical (unpaired) electrons. The van der Waals surface area contributed by atoms with Crippen molar-refractivity contribution in [2.45, 2.75) is 368 Å². The van der Waals surface area contributed by atoms with E-state index < -0.39 is 97.5 Å². The summed E-state index contributed by atoms with van der Waals surface area (Å²) in [5, 5.41) is 10.6. The van der Waals surface area contributed by atoms with E-state index in [1.165, 1.54) is 148 Å². The summed E-state index contributed by atoms with van der Waals surface area (Å²) in [6.45, 7) is 7.17. The molecule has 0 aromatic rings. The average Bonchev–Trinajstić information content (AvgIpc) is 3.57. The fraction of sp³-hybridized carbons (Fsp3) is 0.889. The van der Waals surface area contributed by atoms with Crippen LogP contribution in [0.15, 0.2) is 24.3 Å². The summed E-state index contributed by atoms with van der Waals surface area (Å²) >= 11 is 0. The van der Waals surface area contributed by atoms with Crippen molar-refractivity contribution in [1.29, 1.82) is 0 Å². The molecule has 17 nitrogen and oxygen atoms in total. The molecule has 0 heterocycles. The first-order chi connectivity index (χ1) is 44.1. The van der Waals surface area contributed by atoms with Crippen molar-refractivity contribution >= 4 is 39.5 Å². The molecule has 536 valence electrons. The molecule has 0 aliphatic rings. The van der Waals surface area contributed by atoms with Gasteiger partial charge in [0.15, 0.2) is 12.2 Å².